The van der Waals surface area contributed by atoms with Gasteiger partial charge in [0.15, 0.2) is 0 Å². The number of methoxy groups -OCH3 is 1. The average molecular weight is 369 g/mol. The molecule has 0 bridgehead atoms. The molecule has 0 amide bonds. The van der Waals surface area contributed by atoms with Gasteiger partial charge in [0, 0.05) is 22.6 Å². The number of aryl methyl sites for hydroxylation is 1. The molecule has 1 N–H and O–H groups in total. The summed E-state index contributed by atoms with van der Waals surface area (Å²) in [5.41, 5.74) is 3.55. The normalized spacial score (nSPS) is 12.2. The molecule has 4 heteroatoms. The number of hydrogen-bond acceptors (Lipinski definition) is 2. The molecule has 21 heavy (non-hydrogen) atoms. The van der Waals surface area contributed by atoms with Gasteiger partial charge in [0.1, 0.15) is 5.75 Å². The molecule has 0 saturated carbocycles. The Bertz CT molecular complexity index is 630. The van der Waals surface area contributed by atoms with Gasteiger partial charge >= 0.3 is 0 Å². The van der Waals surface area contributed by atoms with E-state index in [4.69, 9.17) is 16.3 Å². The van der Waals surface area contributed by atoms with Crippen LogP contribution in [0.1, 0.15) is 29.7 Å². The Kier molecular flexibility index (Phi) is 5.68. The third-order valence-corrected chi connectivity index (χ3v) is 4.68. The highest BCUT2D eigenvalue weighted by Crippen LogP contribution is 2.27. The van der Waals surface area contributed by atoms with Gasteiger partial charge in [-0.2, -0.15) is 0 Å². The van der Waals surface area contributed by atoms with E-state index < -0.39 is 0 Å². The van der Waals surface area contributed by atoms with Crippen LogP contribution >= 0.6 is 27.5 Å². The number of rotatable bonds is 5. The van der Waals surface area contributed by atoms with Gasteiger partial charge in [-0.25, -0.2) is 0 Å². The van der Waals surface area contributed by atoms with Crippen molar-refractivity contribution in [3.8, 4) is 5.75 Å². The molecule has 2 nitrogen and oxygen atoms in total. The van der Waals surface area contributed by atoms with Gasteiger partial charge in [-0.15, -0.1) is 0 Å². The van der Waals surface area contributed by atoms with E-state index in [1.165, 1.54) is 11.1 Å². The van der Waals surface area contributed by atoms with Gasteiger partial charge in [0.2, 0.25) is 0 Å². The van der Waals surface area contributed by atoms with E-state index in [0.717, 1.165) is 27.4 Å². The van der Waals surface area contributed by atoms with Gasteiger partial charge in [0.05, 0.1) is 12.1 Å². The highest BCUT2D eigenvalue weighted by Gasteiger charge is 2.11. The van der Waals surface area contributed by atoms with Gasteiger partial charge in [-0.3, -0.25) is 0 Å². The zero-order chi connectivity index (χ0) is 15.4. The lowest BCUT2D eigenvalue weighted by Gasteiger charge is -2.18. The Morgan fingerprint density at radius 3 is 2.67 bits per heavy atom. The summed E-state index contributed by atoms with van der Waals surface area (Å²) in [5.74, 6) is 0.912. The molecular formula is C17H19BrClNO. The Balaban J connectivity index is 2.09. The van der Waals surface area contributed by atoms with Crippen LogP contribution in [0.3, 0.4) is 0 Å². The molecule has 0 aromatic heterocycles. The molecule has 1 unspecified atom stereocenters. The van der Waals surface area contributed by atoms with E-state index in [2.05, 4.69) is 53.3 Å². The molecule has 0 saturated heterocycles. The molecule has 2 aromatic carbocycles. The van der Waals surface area contributed by atoms with Crippen molar-refractivity contribution in [2.45, 2.75) is 26.4 Å². The van der Waals surface area contributed by atoms with Crippen molar-refractivity contribution >= 4 is 27.5 Å². The molecule has 112 valence electrons. The Labute approximate surface area is 139 Å². The number of halogens is 2. The molecule has 1 atom stereocenters. The Morgan fingerprint density at radius 2 is 2.00 bits per heavy atom. The fourth-order valence-corrected chi connectivity index (χ4v) is 2.67. The van der Waals surface area contributed by atoms with Crippen LogP contribution in [0.25, 0.3) is 0 Å². The lowest BCUT2D eigenvalue weighted by molar-refractivity contribution is 0.401. The van der Waals surface area contributed by atoms with Crippen molar-refractivity contribution < 1.29 is 4.74 Å². The number of hydrogen-bond donors (Lipinski definition) is 1. The van der Waals surface area contributed by atoms with Crippen molar-refractivity contribution in [3.05, 3.63) is 62.6 Å². The highest BCUT2D eigenvalue weighted by atomic mass is 79.9. The van der Waals surface area contributed by atoms with Crippen molar-refractivity contribution in [1.82, 2.24) is 5.32 Å². The summed E-state index contributed by atoms with van der Waals surface area (Å²) in [6.45, 7) is 4.98. The third-order valence-electron chi connectivity index (χ3n) is 3.45. The maximum absolute atomic E-state index is 6.12. The summed E-state index contributed by atoms with van der Waals surface area (Å²) in [7, 11) is 1.70. The van der Waals surface area contributed by atoms with E-state index in [1.54, 1.807) is 7.11 Å². The quantitative estimate of drug-likeness (QED) is 0.776. The zero-order valence-electron chi connectivity index (χ0n) is 12.4. The molecule has 0 aliphatic heterocycles. The molecule has 0 heterocycles. The van der Waals surface area contributed by atoms with Crippen molar-refractivity contribution in [3.63, 3.8) is 0 Å². The van der Waals surface area contributed by atoms with Gasteiger partial charge < -0.3 is 10.1 Å². The van der Waals surface area contributed by atoms with Crippen LogP contribution in [0.5, 0.6) is 5.75 Å². The van der Waals surface area contributed by atoms with E-state index >= 15 is 0 Å². The minimum Gasteiger partial charge on any atom is -0.496 e. The van der Waals surface area contributed by atoms with E-state index in [9.17, 15) is 0 Å². The molecule has 0 aliphatic rings. The summed E-state index contributed by atoms with van der Waals surface area (Å²) in [6, 6.07) is 12.4. The molecular weight excluding hydrogens is 350 g/mol. The number of nitrogens with one attached hydrogen (secondary N) is 1. The van der Waals surface area contributed by atoms with E-state index in [1.807, 2.05) is 18.2 Å². The van der Waals surface area contributed by atoms with Crippen LogP contribution in [-0.4, -0.2) is 7.11 Å². The first-order valence-electron chi connectivity index (χ1n) is 6.83. The van der Waals surface area contributed by atoms with Crippen LogP contribution in [-0.2, 0) is 6.54 Å². The first-order chi connectivity index (χ1) is 10.0. The largest absolute Gasteiger partial charge is 0.496 e. The topological polar surface area (TPSA) is 21.3 Å². The van der Waals surface area contributed by atoms with Crippen LogP contribution in [0.4, 0.5) is 0 Å². The first-order valence-corrected chi connectivity index (χ1v) is 8.00. The van der Waals surface area contributed by atoms with E-state index in [0.29, 0.717) is 0 Å². The van der Waals surface area contributed by atoms with Crippen LogP contribution in [0.15, 0.2) is 40.9 Å². The van der Waals surface area contributed by atoms with Crippen LogP contribution in [0, 0.1) is 6.92 Å². The van der Waals surface area contributed by atoms with Crippen molar-refractivity contribution in [2.75, 3.05) is 7.11 Å². The summed E-state index contributed by atoms with van der Waals surface area (Å²) >= 11 is 9.52. The Hall–Kier alpha value is -1.03. The lowest BCUT2D eigenvalue weighted by Crippen LogP contribution is -2.18. The maximum atomic E-state index is 6.12. The predicted octanol–water partition coefficient (Wildman–Crippen LogP) is 5.27. The lowest BCUT2D eigenvalue weighted by atomic mass is 10.0. The standard InChI is InChI=1S/C17H19BrClNO/c1-11-4-7-17(21-3)14(8-11)12(2)20-10-13-5-6-15(18)16(19)9-13/h4-9,12,20H,10H2,1-3H3. The second kappa shape index (κ2) is 7.30. The molecule has 0 spiro atoms. The second-order valence-corrected chi connectivity index (χ2v) is 6.36. The van der Waals surface area contributed by atoms with Gasteiger partial charge in [-0.05, 0) is 53.5 Å². The zero-order valence-corrected chi connectivity index (χ0v) is 14.8. The van der Waals surface area contributed by atoms with Crippen molar-refractivity contribution in [2.24, 2.45) is 0 Å². The minimum absolute atomic E-state index is 0.197. The smallest absolute Gasteiger partial charge is 0.123 e. The minimum atomic E-state index is 0.197. The number of benzene rings is 2. The molecule has 0 fully saturated rings. The van der Waals surface area contributed by atoms with Crippen molar-refractivity contribution in [1.29, 1.82) is 0 Å². The summed E-state index contributed by atoms with van der Waals surface area (Å²) in [5, 5.41) is 4.24. The summed E-state index contributed by atoms with van der Waals surface area (Å²) < 4.78 is 6.36. The second-order valence-electron chi connectivity index (χ2n) is 5.10. The summed E-state index contributed by atoms with van der Waals surface area (Å²) in [6.07, 6.45) is 0. The fourth-order valence-electron chi connectivity index (χ4n) is 2.22. The van der Waals surface area contributed by atoms with Crippen LogP contribution < -0.4 is 10.1 Å². The van der Waals surface area contributed by atoms with Gasteiger partial charge in [0.25, 0.3) is 0 Å². The van der Waals surface area contributed by atoms with Gasteiger partial charge in [-0.1, -0.05) is 35.4 Å². The number of ether oxygens (including phenoxy) is 1. The molecule has 0 radical (unpaired) electrons. The fraction of sp³-hybridized carbons (Fsp3) is 0.294. The molecule has 2 rings (SSSR count). The third kappa shape index (κ3) is 4.22. The van der Waals surface area contributed by atoms with Crippen LogP contribution in [0.2, 0.25) is 5.02 Å². The molecule has 0 aliphatic carbocycles. The Morgan fingerprint density at radius 1 is 1.24 bits per heavy atom. The van der Waals surface area contributed by atoms with E-state index in [-0.39, 0.29) is 6.04 Å². The monoisotopic (exact) mass is 367 g/mol. The highest BCUT2D eigenvalue weighted by molar-refractivity contribution is 9.10. The molecule has 2 aromatic rings. The first kappa shape index (κ1) is 16.3. The summed E-state index contributed by atoms with van der Waals surface area (Å²) in [4.78, 5) is 0. The predicted molar refractivity (Wildman–Crippen MR) is 92.1 cm³/mol. The maximum Gasteiger partial charge on any atom is 0.123 e. The SMILES string of the molecule is COc1ccc(C)cc1C(C)NCc1ccc(Br)c(Cl)c1. The average Bonchev–Trinajstić information content (AvgIpc) is 2.48.